The third-order valence-electron chi connectivity index (χ3n) is 3.81. The predicted molar refractivity (Wildman–Crippen MR) is 83.8 cm³/mol. The van der Waals surface area contributed by atoms with Gasteiger partial charge in [0, 0.05) is 29.8 Å². The molecule has 0 fully saturated rings. The second kappa shape index (κ2) is 4.53. The van der Waals surface area contributed by atoms with Gasteiger partial charge in [-0.15, -0.1) is 0 Å². The van der Waals surface area contributed by atoms with Gasteiger partial charge in [-0.25, -0.2) is 0 Å². The molecule has 1 N–H and O–H groups in total. The highest BCUT2D eigenvalue weighted by Gasteiger charge is 2.19. The zero-order valence-electron chi connectivity index (χ0n) is 12.1. The van der Waals surface area contributed by atoms with E-state index in [0.717, 1.165) is 5.39 Å². The van der Waals surface area contributed by atoms with Crippen LogP contribution in [0.3, 0.4) is 0 Å². The third-order valence-corrected chi connectivity index (χ3v) is 3.81. The number of rotatable bonds is 2. The molecule has 2 aromatic heterocycles. The number of aromatic nitrogens is 1. The van der Waals surface area contributed by atoms with Crippen molar-refractivity contribution >= 4 is 32.8 Å². The fraction of sp³-hybridized carbons (Fsp3) is 0.118. The van der Waals surface area contributed by atoms with Gasteiger partial charge < -0.3 is 19.0 Å². The molecule has 2 heterocycles. The van der Waals surface area contributed by atoms with E-state index in [0.29, 0.717) is 39.0 Å². The van der Waals surface area contributed by atoms with E-state index in [2.05, 4.69) is 4.98 Å². The van der Waals surface area contributed by atoms with Crippen LogP contribution in [0.4, 0.5) is 0 Å². The third kappa shape index (κ3) is 1.62. The highest BCUT2D eigenvalue weighted by Crippen LogP contribution is 2.44. The van der Waals surface area contributed by atoms with Gasteiger partial charge in [-0.2, -0.15) is 0 Å². The number of nitrogens with zero attached hydrogens (tertiary/aromatic N) is 1. The van der Waals surface area contributed by atoms with Crippen molar-refractivity contribution in [3.63, 3.8) is 0 Å². The van der Waals surface area contributed by atoms with Gasteiger partial charge in [-0.3, -0.25) is 4.98 Å². The quantitative estimate of drug-likeness (QED) is 0.608. The van der Waals surface area contributed by atoms with Crippen LogP contribution < -0.4 is 9.47 Å². The highest BCUT2D eigenvalue weighted by molar-refractivity contribution is 6.16. The van der Waals surface area contributed by atoms with Gasteiger partial charge in [0.05, 0.1) is 30.5 Å². The van der Waals surface area contributed by atoms with Gasteiger partial charge in [0.2, 0.25) is 0 Å². The molecule has 0 unspecified atom stereocenters. The lowest BCUT2D eigenvalue weighted by Gasteiger charge is -2.06. The van der Waals surface area contributed by atoms with Crippen LogP contribution in [0, 0.1) is 0 Å². The molecule has 0 amide bonds. The van der Waals surface area contributed by atoms with Crippen molar-refractivity contribution in [2.24, 2.45) is 0 Å². The Hall–Kier alpha value is -2.95. The van der Waals surface area contributed by atoms with Crippen LogP contribution >= 0.6 is 0 Å². The minimum Gasteiger partial charge on any atom is -0.506 e. The fourth-order valence-electron chi connectivity index (χ4n) is 2.79. The summed E-state index contributed by atoms with van der Waals surface area (Å²) in [6.45, 7) is 0. The summed E-state index contributed by atoms with van der Waals surface area (Å²) in [7, 11) is 3.16. The van der Waals surface area contributed by atoms with Gasteiger partial charge in [-0.05, 0) is 12.1 Å². The number of benzene rings is 2. The van der Waals surface area contributed by atoms with Crippen molar-refractivity contribution in [2.45, 2.75) is 0 Å². The first kappa shape index (κ1) is 12.8. The molecule has 0 aliphatic heterocycles. The Labute approximate surface area is 125 Å². The van der Waals surface area contributed by atoms with E-state index in [4.69, 9.17) is 13.9 Å². The molecule has 110 valence electrons. The monoisotopic (exact) mass is 295 g/mol. The van der Waals surface area contributed by atoms with Crippen LogP contribution in [0.1, 0.15) is 0 Å². The summed E-state index contributed by atoms with van der Waals surface area (Å²) >= 11 is 0. The number of hydrogen-bond acceptors (Lipinski definition) is 5. The Morgan fingerprint density at radius 3 is 2.64 bits per heavy atom. The number of phenolic OH excluding ortho intramolecular Hbond substituents is 1. The van der Waals surface area contributed by atoms with Crippen molar-refractivity contribution in [1.82, 2.24) is 4.98 Å². The maximum atomic E-state index is 10.7. The van der Waals surface area contributed by atoms with E-state index in [9.17, 15) is 5.11 Å². The van der Waals surface area contributed by atoms with Crippen molar-refractivity contribution < 1.29 is 19.0 Å². The van der Waals surface area contributed by atoms with Crippen LogP contribution in [-0.4, -0.2) is 24.3 Å². The summed E-state index contributed by atoms with van der Waals surface area (Å²) in [5.41, 5.74) is 1.83. The fourth-order valence-corrected chi connectivity index (χ4v) is 2.79. The van der Waals surface area contributed by atoms with Gasteiger partial charge in [0.25, 0.3) is 0 Å². The average Bonchev–Trinajstić information content (AvgIpc) is 2.92. The number of hydrogen-bond donors (Lipinski definition) is 1. The van der Waals surface area contributed by atoms with Gasteiger partial charge in [0.1, 0.15) is 28.4 Å². The van der Waals surface area contributed by atoms with Crippen LogP contribution in [0.2, 0.25) is 0 Å². The molecule has 0 radical (unpaired) electrons. The molecule has 22 heavy (non-hydrogen) atoms. The Kier molecular flexibility index (Phi) is 2.63. The van der Waals surface area contributed by atoms with E-state index < -0.39 is 0 Å². The summed E-state index contributed by atoms with van der Waals surface area (Å²) in [6.07, 6.45) is 1.68. The maximum absolute atomic E-state index is 10.7. The van der Waals surface area contributed by atoms with E-state index in [-0.39, 0.29) is 5.75 Å². The minimum atomic E-state index is 0.141. The Balaban J connectivity index is 2.24. The van der Waals surface area contributed by atoms with Crippen molar-refractivity contribution in [3.05, 3.63) is 36.5 Å². The minimum absolute atomic E-state index is 0.141. The zero-order valence-corrected chi connectivity index (χ0v) is 12.1. The predicted octanol–water partition coefficient (Wildman–Crippen LogP) is 3.86. The van der Waals surface area contributed by atoms with Crippen molar-refractivity contribution in [1.29, 1.82) is 0 Å². The molecule has 0 saturated heterocycles. The van der Waals surface area contributed by atoms with Crippen LogP contribution in [-0.2, 0) is 0 Å². The molecule has 0 bridgehead atoms. The molecule has 0 aliphatic rings. The highest BCUT2D eigenvalue weighted by atomic mass is 16.5. The molecular formula is C17H13NO4. The van der Waals surface area contributed by atoms with Gasteiger partial charge in [0.15, 0.2) is 0 Å². The Morgan fingerprint density at radius 1 is 1.05 bits per heavy atom. The first-order valence-electron chi connectivity index (χ1n) is 6.78. The van der Waals surface area contributed by atoms with E-state index in [1.54, 1.807) is 38.6 Å². The number of furan rings is 1. The van der Waals surface area contributed by atoms with E-state index in [1.807, 2.05) is 12.1 Å². The number of aromatic hydroxyl groups is 1. The molecule has 4 aromatic rings. The number of ether oxygens (including phenoxy) is 2. The molecular weight excluding hydrogens is 282 g/mol. The lowest BCUT2D eigenvalue weighted by Crippen LogP contribution is -1.87. The summed E-state index contributed by atoms with van der Waals surface area (Å²) in [5, 5.41) is 12.7. The van der Waals surface area contributed by atoms with Crippen LogP contribution in [0.15, 0.2) is 40.9 Å². The standard InChI is InChI=1S/C17H13NO4/c1-20-9-6-12(21-2)15-13(7-9)22-14-8-11-10(4-3-5-18-11)17(19)16(14)15/h3-8,19H,1-2H3. The Morgan fingerprint density at radius 2 is 1.86 bits per heavy atom. The van der Waals surface area contributed by atoms with E-state index >= 15 is 0 Å². The average molecular weight is 295 g/mol. The topological polar surface area (TPSA) is 64.7 Å². The number of phenols is 1. The molecule has 4 rings (SSSR count). The van der Waals surface area contributed by atoms with Crippen LogP contribution in [0.25, 0.3) is 32.8 Å². The molecule has 5 nitrogen and oxygen atoms in total. The number of methoxy groups -OCH3 is 2. The number of fused-ring (bicyclic) bond motifs is 4. The summed E-state index contributed by atoms with van der Waals surface area (Å²) in [4.78, 5) is 4.26. The molecule has 0 aliphatic carbocycles. The summed E-state index contributed by atoms with van der Waals surface area (Å²) in [6, 6.07) is 8.97. The van der Waals surface area contributed by atoms with E-state index in [1.165, 1.54) is 0 Å². The lowest BCUT2D eigenvalue weighted by atomic mass is 10.1. The molecule has 2 aromatic carbocycles. The smallest absolute Gasteiger partial charge is 0.143 e. The van der Waals surface area contributed by atoms with Crippen LogP contribution in [0.5, 0.6) is 17.2 Å². The first-order valence-corrected chi connectivity index (χ1v) is 6.78. The molecule has 5 heteroatoms. The summed E-state index contributed by atoms with van der Waals surface area (Å²) in [5.74, 6) is 1.36. The van der Waals surface area contributed by atoms with Crippen molar-refractivity contribution in [3.8, 4) is 17.2 Å². The molecule has 0 atom stereocenters. The van der Waals surface area contributed by atoms with Gasteiger partial charge in [-0.1, -0.05) is 0 Å². The van der Waals surface area contributed by atoms with Crippen molar-refractivity contribution in [2.75, 3.05) is 14.2 Å². The van der Waals surface area contributed by atoms with Gasteiger partial charge >= 0.3 is 0 Å². The molecule has 0 saturated carbocycles. The first-order chi connectivity index (χ1) is 10.7. The maximum Gasteiger partial charge on any atom is 0.143 e. The largest absolute Gasteiger partial charge is 0.506 e. The molecule has 0 spiro atoms. The zero-order chi connectivity index (χ0) is 15.3. The second-order valence-corrected chi connectivity index (χ2v) is 4.97. The SMILES string of the molecule is COc1cc(OC)c2c(c1)oc1cc3ncccc3c(O)c12. The normalized spacial score (nSPS) is 11.4. The lowest BCUT2D eigenvalue weighted by molar-refractivity contribution is 0.397. The Bertz CT molecular complexity index is 1020. The summed E-state index contributed by atoms with van der Waals surface area (Å²) < 4.78 is 16.6. The number of pyridine rings is 1. The second-order valence-electron chi connectivity index (χ2n) is 4.97.